The molecule has 0 radical (unpaired) electrons. The van der Waals surface area contributed by atoms with Gasteiger partial charge in [-0.2, -0.15) is 0 Å². The number of amides is 1. The molecule has 0 aliphatic rings. The Bertz CT molecular complexity index is 382. The van der Waals surface area contributed by atoms with Gasteiger partial charge in [0.25, 0.3) is 0 Å². The molecule has 1 aromatic rings. The summed E-state index contributed by atoms with van der Waals surface area (Å²) in [6.45, 7) is 5.76. The maximum atomic E-state index is 10.9. The molecule has 16 heavy (non-hydrogen) atoms. The van der Waals surface area contributed by atoms with Crippen molar-refractivity contribution in [3.63, 3.8) is 0 Å². The molecule has 0 spiro atoms. The first-order valence-electron chi connectivity index (χ1n) is 5.06. The molecule has 0 heterocycles. The fourth-order valence-corrected chi connectivity index (χ4v) is 1.25. The summed E-state index contributed by atoms with van der Waals surface area (Å²) in [5.74, 6) is 0.569. The van der Waals surface area contributed by atoms with Gasteiger partial charge in [0.2, 0.25) is 0 Å². The predicted molar refractivity (Wildman–Crippen MR) is 63.3 cm³/mol. The van der Waals surface area contributed by atoms with Crippen molar-refractivity contribution >= 4 is 11.8 Å². The molecule has 0 aromatic heterocycles. The second kappa shape index (κ2) is 4.43. The van der Waals surface area contributed by atoms with Crippen LogP contribution in [0.15, 0.2) is 24.3 Å². The monoisotopic (exact) mass is 223 g/mol. The van der Waals surface area contributed by atoms with Crippen molar-refractivity contribution in [3.8, 4) is 5.75 Å². The van der Waals surface area contributed by atoms with Crippen LogP contribution in [0.3, 0.4) is 0 Å². The van der Waals surface area contributed by atoms with Crippen molar-refractivity contribution in [1.29, 1.82) is 0 Å². The van der Waals surface area contributed by atoms with Gasteiger partial charge in [0.05, 0.1) is 5.69 Å². The summed E-state index contributed by atoms with van der Waals surface area (Å²) in [7, 11) is 1.49. The maximum Gasteiger partial charge on any atom is 0.411 e. The number of para-hydroxylation sites is 2. The van der Waals surface area contributed by atoms with E-state index in [0.29, 0.717) is 11.4 Å². The summed E-state index contributed by atoms with van der Waals surface area (Å²) in [6, 6.07) is 7.08. The van der Waals surface area contributed by atoms with E-state index in [9.17, 15) is 4.79 Å². The van der Waals surface area contributed by atoms with Crippen molar-refractivity contribution in [2.24, 2.45) is 0 Å². The third-order valence-electron chi connectivity index (χ3n) is 1.93. The van der Waals surface area contributed by atoms with Gasteiger partial charge in [-0.1, -0.05) is 12.1 Å². The minimum atomic E-state index is -1.01. The molecule has 1 amide bonds. The van der Waals surface area contributed by atoms with Crippen LogP contribution in [-0.4, -0.2) is 23.8 Å². The summed E-state index contributed by atoms with van der Waals surface area (Å²) >= 11 is 0. The molecule has 0 saturated heterocycles. The highest BCUT2D eigenvalue weighted by atomic mass is 16.5. The minimum absolute atomic E-state index is 0.352. The van der Waals surface area contributed by atoms with E-state index in [-0.39, 0.29) is 5.60 Å². The molecule has 0 saturated carbocycles. The minimum Gasteiger partial charge on any atom is -0.486 e. The van der Waals surface area contributed by atoms with Gasteiger partial charge in [0, 0.05) is 7.05 Å². The van der Waals surface area contributed by atoms with Crippen LogP contribution >= 0.6 is 0 Å². The van der Waals surface area contributed by atoms with E-state index >= 15 is 0 Å². The molecular formula is C12H17NO3. The highest BCUT2D eigenvalue weighted by molar-refractivity contribution is 5.87. The molecule has 0 atom stereocenters. The number of ether oxygens (including phenoxy) is 1. The van der Waals surface area contributed by atoms with E-state index in [4.69, 9.17) is 9.84 Å². The second-order valence-corrected chi connectivity index (χ2v) is 4.52. The molecule has 1 aromatic carbocycles. The lowest BCUT2D eigenvalue weighted by molar-refractivity contribution is 0.131. The fourth-order valence-electron chi connectivity index (χ4n) is 1.25. The van der Waals surface area contributed by atoms with E-state index in [1.165, 1.54) is 7.05 Å². The Labute approximate surface area is 95.5 Å². The van der Waals surface area contributed by atoms with Gasteiger partial charge in [-0.05, 0) is 32.9 Å². The Hall–Kier alpha value is -1.71. The SMILES string of the molecule is CN(C(=O)O)c1ccccc1OC(C)(C)C. The zero-order valence-electron chi connectivity index (χ0n) is 10.0. The molecule has 0 unspecified atom stereocenters. The lowest BCUT2D eigenvalue weighted by Gasteiger charge is -2.25. The number of anilines is 1. The van der Waals surface area contributed by atoms with Gasteiger partial charge >= 0.3 is 6.09 Å². The van der Waals surface area contributed by atoms with Gasteiger partial charge < -0.3 is 9.84 Å². The number of rotatable bonds is 2. The van der Waals surface area contributed by atoms with Crippen molar-refractivity contribution in [1.82, 2.24) is 0 Å². The second-order valence-electron chi connectivity index (χ2n) is 4.52. The van der Waals surface area contributed by atoms with Crippen LogP contribution in [0.25, 0.3) is 0 Å². The topological polar surface area (TPSA) is 49.8 Å². The van der Waals surface area contributed by atoms with Crippen LogP contribution in [-0.2, 0) is 0 Å². The van der Waals surface area contributed by atoms with E-state index in [2.05, 4.69) is 0 Å². The zero-order chi connectivity index (χ0) is 12.3. The van der Waals surface area contributed by atoms with Gasteiger partial charge in [0.1, 0.15) is 11.4 Å². The lowest BCUT2D eigenvalue weighted by atomic mass is 10.2. The Kier molecular flexibility index (Phi) is 3.42. The average Bonchev–Trinajstić information content (AvgIpc) is 2.15. The van der Waals surface area contributed by atoms with E-state index < -0.39 is 6.09 Å². The zero-order valence-corrected chi connectivity index (χ0v) is 10.0. The number of hydrogen-bond acceptors (Lipinski definition) is 2. The van der Waals surface area contributed by atoms with Crippen molar-refractivity contribution in [2.45, 2.75) is 26.4 Å². The standard InChI is InChI=1S/C12H17NO3/c1-12(2,3)16-10-8-6-5-7-9(10)13(4)11(14)15/h5-8H,1-4H3,(H,14,15). The normalized spacial score (nSPS) is 11.0. The first kappa shape index (κ1) is 12.4. The molecule has 0 aliphatic heterocycles. The van der Waals surface area contributed by atoms with Crippen LogP contribution < -0.4 is 9.64 Å². The van der Waals surface area contributed by atoms with Crippen LogP contribution in [0.5, 0.6) is 5.75 Å². The lowest BCUT2D eigenvalue weighted by Crippen LogP contribution is -2.27. The van der Waals surface area contributed by atoms with Crippen molar-refractivity contribution in [2.75, 3.05) is 11.9 Å². The fraction of sp³-hybridized carbons (Fsp3) is 0.417. The number of hydrogen-bond donors (Lipinski definition) is 1. The first-order valence-corrected chi connectivity index (χ1v) is 5.06. The average molecular weight is 223 g/mol. The van der Waals surface area contributed by atoms with Crippen LogP contribution in [0.1, 0.15) is 20.8 Å². The number of carboxylic acid groups (broad SMARTS) is 1. The Morgan fingerprint density at radius 2 is 1.88 bits per heavy atom. The summed E-state index contributed by atoms with van der Waals surface area (Å²) in [5.41, 5.74) is 0.194. The highest BCUT2D eigenvalue weighted by Crippen LogP contribution is 2.30. The largest absolute Gasteiger partial charge is 0.486 e. The van der Waals surface area contributed by atoms with Gasteiger partial charge in [-0.3, -0.25) is 4.90 Å². The molecule has 4 heteroatoms. The molecule has 88 valence electrons. The number of benzene rings is 1. The molecule has 1 rings (SSSR count). The quantitative estimate of drug-likeness (QED) is 0.838. The van der Waals surface area contributed by atoms with Crippen LogP contribution in [0.4, 0.5) is 10.5 Å². The molecular weight excluding hydrogens is 206 g/mol. The summed E-state index contributed by atoms with van der Waals surface area (Å²) in [6.07, 6.45) is -1.01. The van der Waals surface area contributed by atoms with E-state index in [1.807, 2.05) is 26.8 Å². The molecule has 4 nitrogen and oxygen atoms in total. The van der Waals surface area contributed by atoms with Gasteiger partial charge in [-0.15, -0.1) is 0 Å². The van der Waals surface area contributed by atoms with Crippen LogP contribution in [0, 0.1) is 0 Å². The number of nitrogens with zero attached hydrogens (tertiary/aromatic N) is 1. The van der Waals surface area contributed by atoms with Crippen molar-refractivity contribution in [3.05, 3.63) is 24.3 Å². The molecule has 0 bridgehead atoms. The van der Waals surface area contributed by atoms with Crippen LogP contribution in [0.2, 0.25) is 0 Å². The first-order chi connectivity index (χ1) is 7.31. The van der Waals surface area contributed by atoms with Gasteiger partial charge in [-0.25, -0.2) is 4.79 Å². The summed E-state index contributed by atoms with van der Waals surface area (Å²) in [4.78, 5) is 12.0. The third kappa shape index (κ3) is 3.15. The summed E-state index contributed by atoms with van der Waals surface area (Å²) < 4.78 is 5.70. The Morgan fingerprint density at radius 3 is 2.38 bits per heavy atom. The molecule has 0 aliphatic carbocycles. The highest BCUT2D eigenvalue weighted by Gasteiger charge is 2.18. The van der Waals surface area contributed by atoms with E-state index in [1.54, 1.807) is 18.2 Å². The number of carbonyl (C=O) groups is 1. The Morgan fingerprint density at radius 1 is 1.31 bits per heavy atom. The van der Waals surface area contributed by atoms with Gasteiger partial charge in [0.15, 0.2) is 0 Å². The molecule has 0 fully saturated rings. The van der Waals surface area contributed by atoms with Crippen molar-refractivity contribution < 1.29 is 14.6 Å². The maximum absolute atomic E-state index is 10.9. The molecule has 1 N–H and O–H groups in total. The smallest absolute Gasteiger partial charge is 0.411 e. The summed E-state index contributed by atoms with van der Waals surface area (Å²) in [5, 5.41) is 8.93. The third-order valence-corrected chi connectivity index (χ3v) is 1.93. The van der Waals surface area contributed by atoms with E-state index in [0.717, 1.165) is 4.90 Å². The predicted octanol–water partition coefficient (Wildman–Crippen LogP) is 2.98. The Balaban J connectivity index is 3.05.